The molecule has 65 heavy (non-hydrogen) atoms. The van der Waals surface area contributed by atoms with E-state index in [2.05, 4.69) is 70.8 Å². The summed E-state index contributed by atoms with van der Waals surface area (Å²) in [6.07, 6.45) is 2.54. The number of carbonyl (C=O) groups excluding carboxylic acids is 4. The van der Waals surface area contributed by atoms with E-state index in [1.807, 2.05) is 52.5 Å². The van der Waals surface area contributed by atoms with Gasteiger partial charge in [0.15, 0.2) is 0 Å². The molecule has 4 heterocycles. The molecule has 0 radical (unpaired) electrons. The van der Waals surface area contributed by atoms with Crippen LogP contribution in [-0.4, -0.2) is 106 Å². The number of amides is 4. The maximum atomic E-state index is 14.4. The van der Waals surface area contributed by atoms with Gasteiger partial charge in [-0.05, 0) is 104 Å². The van der Waals surface area contributed by atoms with Crippen molar-refractivity contribution < 1.29 is 38.1 Å². The normalized spacial score (nSPS) is 16.2. The Labute approximate surface area is 380 Å². The van der Waals surface area contributed by atoms with Gasteiger partial charge in [0.05, 0.1) is 49.2 Å². The molecule has 4 amide bonds. The number of nitrogens with one attached hydrogen (secondary N) is 4. The molecule has 0 aliphatic carbocycles. The zero-order chi connectivity index (χ0) is 46.7. The third-order valence-electron chi connectivity index (χ3n) is 13.0. The highest BCUT2D eigenvalue weighted by Gasteiger charge is 2.38. The van der Waals surface area contributed by atoms with Crippen molar-refractivity contribution in [1.29, 1.82) is 0 Å². The summed E-state index contributed by atoms with van der Waals surface area (Å²) >= 11 is 0. The fraction of sp³-hybridized carbons (Fsp3) is 0.510. The van der Waals surface area contributed by atoms with Gasteiger partial charge in [-0.2, -0.15) is 0 Å². The molecule has 1 fully saturated rings. The van der Waals surface area contributed by atoms with Gasteiger partial charge in [-0.15, -0.1) is 0 Å². The Hall–Kier alpha value is -6.16. The molecule has 0 bridgehead atoms. The summed E-state index contributed by atoms with van der Waals surface area (Å²) in [7, 11) is 2.59. The van der Waals surface area contributed by atoms with Gasteiger partial charge in [-0.3, -0.25) is 9.59 Å². The number of nitrogens with zero attached hydrogens (tertiary/aromatic N) is 4. The SMILES string of the molecule is CC[C@H](C)N(C(=O)[C@@H](NC(=O)OC)C(C)C)[C@@H](C)c1ncc(-c2ccc3c(c2)COc2cc4c(ccc5[nH]c([C@H](C)N(CC(C)C)C(=O)[C@@H](NC(=O)OC)C6CCOCC6)nc54)cc2-3)[nH]1. The maximum absolute atomic E-state index is 14.4. The minimum Gasteiger partial charge on any atom is -0.488 e. The van der Waals surface area contributed by atoms with Crippen molar-refractivity contribution in [2.75, 3.05) is 34.0 Å². The number of alkyl carbamates (subject to hydrolysis) is 2. The number of rotatable bonds is 15. The van der Waals surface area contributed by atoms with Gasteiger partial charge in [0, 0.05) is 36.8 Å². The minimum atomic E-state index is -0.761. The number of ether oxygens (including phenoxy) is 4. The fourth-order valence-electron chi connectivity index (χ4n) is 9.12. The van der Waals surface area contributed by atoms with Gasteiger partial charge in [-0.1, -0.05) is 52.8 Å². The van der Waals surface area contributed by atoms with Crippen LogP contribution < -0.4 is 15.4 Å². The van der Waals surface area contributed by atoms with Crippen molar-refractivity contribution in [3.05, 3.63) is 65.9 Å². The van der Waals surface area contributed by atoms with E-state index in [9.17, 15) is 19.2 Å². The Bertz CT molecular complexity index is 2530. The van der Waals surface area contributed by atoms with Gasteiger partial charge in [0.1, 0.15) is 36.1 Å². The van der Waals surface area contributed by atoms with Crippen molar-refractivity contribution >= 4 is 45.8 Å². The van der Waals surface area contributed by atoms with Gasteiger partial charge in [0.25, 0.3) is 0 Å². The number of carbonyl (C=O) groups is 4. The molecule has 5 aromatic rings. The van der Waals surface area contributed by atoms with Gasteiger partial charge in [-0.25, -0.2) is 19.6 Å². The van der Waals surface area contributed by atoms with Crippen LogP contribution in [-0.2, 0) is 30.4 Å². The number of hydrogen-bond donors (Lipinski definition) is 4. The largest absolute Gasteiger partial charge is 0.488 e. The second-order valence-corrected chi connectivity index (χ2v) is 18.2. The number of hydrogen-bond acceptors (Lipinski definition) is 10. The summed E-state index contributed by atoms with van der Waals surface area (Å²) in [5, 5.41) is 7.49. The molecule has 5 atom stereocenters. The fourth-order valence-corrected chi connectivity index (χ4v) is 9.12. The van der Waals surface area contributed by atoms with Gasteiger partial charge >= 0.3 is 12.2 Å². The first-order valence-corrected chi connectivity index (χ1v) is 22.8. The first-order valence-electron chi connectivity index (χ1n) is 22.8. The van der Waals surface area contributed by atoms with E-state index in [1.165, 1.54) is 14.2 Å². The van der Waals surface area contributed by atoms with Crippen LogP contribution in [0, 0.1) is 17.8 Å². The van der Waals surface area contributed by atoms with Crippen molar-refractivity contribution in [3.63, 3.8) is 0 Å². The number of imidazole rings is 2. The van der Waals surface area contributed by atoms with Crippen molar-refractivity contribution in [1.82, 2.24) is 40.4 Å². The van der Waals surface area contributed by atoms with Crippen LogP contribution in [0.4, 0.5) is 9.59 Å². The number of methoxy groups -OCH3 is 2. The lowest BCUT2D eigenvalue weighted by Gasteiger charge is -2.37. The Morgan fingerprint density at radius 2 is 1.57 bits per heavy atom. The standard InChI is InChI=1S/C49H64N8O8/c1-11-28(6)57(47(59)41(27(4)5)54-48(60)62-9)30(8)44-50-23-39(52-44)33-12-14-35-34(20-33)25-65-40-22-36-32(21-37(35)40)13-15-38-43(36)53-45(51-38)29(7)56(24-26(2)3)46(58)42(55-49(61)63-10)31-16-18-64-19-17-31/h12-15,20-23,26-31,41-42H,11,16-19,24-25H2,1-10H3,(H,50,52)(H,51,53)(H,54,60)(H,55,61)/t28-,29-,30-,41-,42-/m0/s1. The van der Waals surface area contributed by atoms with Crippen LogP contribution >= 0.6 is 0 Å². The Kier molecular flexibility index (Phi) is 14.4. The lowest BCUT2D eigenvalue weighted by atomic mass is 9.90. The molecule has 16 nitrogen and oxygen atoms in total. The zero-order valence-electron chi connectivity index (χ0n) is 39.2. The van der Waals surface area contributed by atoms with Crippen molar-refractivity contribution in [3.8, 4) is 28.1 Å². The first-order chi connectivity index (χ1) is 31.1. The lowest BCUT2D eigenvalue weighted by molar-refractivity contribution is -0.139. The van der Waals surface area contributed by atoms with E-state index in [0.29, 0.717) is 50.9 Å². The van der Waals surface area contributed by atoms with E-state index in [1.54, 1.807) is 11.1 Å². The molecule has 348 valence electrons. The summed E-state index contributed by atoms with van der Waals surface area (Å²) < 4.78 is 21.8. The molecule has 1 saturated heterocycles. The predicted molar refractivity (Wildman–Crippen MR) is 248 cm³/mol. The maximum Gasteiger partial charge on any atom is 0.407 e. The topological polar surface area (TPSA) is 193 Å². The number of aromatic amines is 2. The summed E-state index contributed by atoms with van der Waals surface area (Å²) in [6, 6.07) is 12.1. The van der Waals surface area contributed by atoms with Crippen LogP contribution in [0.2, 0.25) is 0 Å². The number of benzene rings is 3. The smallest absolute Gasteiger partial charge is 0.407 e. The highest BCUT2D eigenvalue weighted by atomic mass is 16.5. The van der Waals surface area contributed by atoms with Crippen molar-refractivity contribution in [2.45, 2.75) is 111 Å². The first kappa shape index (κ1) is 46.8. The molecular formula is C49H64N8O8. The molecule has 3 aromatic carbocycles. The third kappa shape index (κ3) is 9.77. The highest BCUT2D eigenvalue weighted by Crippen LogP contribution is 2.43. The molecule has 2 aliphatic rings. The van der Waals surface area contributed by atoms with Crippen LogP contribution in [0.25, 0.3) is 44.2 Å². The second-order valence-electron chi connectivity index (χ2n) is 18.2. The molecule has 2 aliphatic heterocycles. The molecule has 0 saturated carbocycles. The molecule has 0 unspecified atom stereocenters. The van der Waals surface area contributed by atoms with Gasteiger partial charge in [0.2, 0.25) is 11.8 Å². The molecule has 0 spiro atoms. The van der Waals surface area contributed by atoms with Crippen LogP contribution in [0.1, 0.15) is 104 Å². The van der Waals surface area contributed by atoms with E-state index in [4.69, 9.17) is 28.9 Å². The van der Waals surface area contributed by atoms with Gasteiger partial charge < -0.3 is 49.3 Å². The predicted octanol–water partition coefficient (Wildman–Crippen LogP) is 8.43. The zero-order valence-corrected chi connectivity index (χ0v) is 39.2. The van der Waals surface area contributed by atoms with Crippen LogP contribution in [0.5, 0.6) is 5.75 Å². The molecule has 4 N–H and O–H groups in total. The van der Waals surface area contributed by atoms with E-state index in [-0.39, 0.29) is 35.6 Å². The minimum absolute atomic E-state index is 0.0842. The third-order valence-corrected chi connectivity index (χ3v) is 13.0. The summed E-state index contributed by atoms with van der Waals surface area (Å²) in [4.78, 5) is 73.6. The monoisotopic (exact) mass is 892 g/mol. The average molecular weight is 893 g/mol. The Balaban J connectivity index is 1.14. The number of H-pyrrole nitrogens is 2. The van der Waals surface area contributed by atoms with Crippen LogP contribution in [0.3, 0.4) is 0 Å². The second kappa shape index (κ2) is 19.9. The van der Waals surface area contributed by atoms with Crippen LogP contribution in [0.15, 0.2) is 48.7 Å². The summed E-state index contributed by atoms with van der Waals surface area (Å²) in [5.41, 5.74) is 6.42. The highest BCUT2D eigenvalue weighted by molar-refractivity contribution is 6.07. The quantitative estimate of drug-likeness (QED) is 0.0793. The van der Waals surface area contributed by atoms with E-state index < -0.39 is 36.4 Å². The van der Waals surface area contributed by atoms with Crippen molar-refractivity contribution in [2.24, 2.45) is 17.8 Å². The average Bonchev–Trinajstić information content (AvgIpc) is 3.99. The Morgan fingerprint density at radius 3 is 2.25 bits per heavy atom. The van der Waals surface area contributed by atoms with E-state index in [0.717, 1.165) is 61.9 Å². The number of fused-ring (bicyclic) bond motifs is 6. The summed E-state index contributed by atoms with van der Waals surface area (Å²) in [6.45, 7) is 17.8. The Morgan fingerprint density at radius 1 is 0.846 bits per heavy atom. The lowest BCUT2D eigenvalue weighted by Crippen LogP contribution is -2.54. The molecular weight excluding hydrogens is 829 g/mol. The summed E-state index contributed by atoms with van der Waals surface area (Å²) in [5.74, 6) is 1.58. The molecule has 16 heteroatoms. The molecule has 2 aromatic heterocycles. The number of aromatic nitrogens is 4. The molecule has 7 rings (SSSR count). The van der Waals surface area contributed by atoms with E-state index >= 15 is 0 Å².